The van der Waals surface area contributed by atoms with Crippen LogP contribution in [0.15, 0.2) is 34.7 Å². The highest BCUT2D eigenvalue weighted by Crippen LogP contribution is 2.24. The number of aromatic nitrogens is 2. The van der Waals surface area contributed by atoms with E-state index < -0.39 is 5.97 Å². The molecule has 0 aliphatic carbocycles. The normalized spacial score (nSPS) is 10.2. The highest BCUT2D eigenvalue weighted by Gasteiger charge is 2.07. The number of nitrogens with zero attached hydrogens (tertiary/aromatic N) is 2. The Morgan fingerprint density at radius 1 is 1.38 bits per heavy atom. The molecule has 0 unspecified atom stereocenters. The molecule has 2 rings (SSSR count). The molecule has 0 spiro atoms. The molecule has 1 aromatic carbocycles. The van der Waals surface area contributed by atoms with E-state index in [0.29, 0.717) is 10.2 Å². The minimum atomic E-state index is -0.846. The molecule has 82 valence electrons. The zero-order chi connectivity index (χ0) is 11.4. The number of aliphatic carboxylic acids is 1. The monoisotopic (exact) mass is 252 g/mol. The van der Waals surface area contributed by atoms with Gasteiger partial charge in [0.1, 0.15) is 0 Å². The van der Waals surface area contributed by atoms with Gasteiger partial charge in [0, 0.05) is 5.56 Å². The molecule has 0 fully saturated rings. The van der Waals surface area contributed by atoms with Crippen LogP contribution in [-0.2, 0) is 4.79 Å². The van der Waals surface area contributed by atoms with Gasteiger partial charge in [0.15, 0.2) is 10.2 Å². The van der Waals surface area contributed by atoms with Crippen LogP contribution in [0.25, 0.3) is 11.4 Å². The average molecular weight is 252 g/mol. The van der Waals surface area contributed by atoms with Crippen LogP contribution in [0.3, 0.4) is 0 Å². The Hall–Kier alpha value is -1.40. The summed E-state index contributed by atoms with van der Waals surface area (Å²) in [7, 11) is 0. The Morgan fingerprint density at radius 2 is 2.12 bits per heavy atom. The minimum Gasteiger partial charge on any atom is -0.481 e. The van der Waals surface area contributed by atoms with Crippen LogP contribution in [0.4, 0.5) is 0 Å². The quantitative estimate of drug-likeness (QED) is 0.846. The third-order valence-corrected chi connectivity index (χ3v) is 3.58. The van der Waals surface area contributed by atoms with Gasteiger partial charge < -0.3 is 5.11 Å². The van der Waals surface area contributed by atoms with Crippen molar-refractivity contribution in [2.45, 2.75) is 4.34 Å². The second-order valence-electron chi connectivity index (χ2n) is 2.93. The number of thioether (sulfide) groups is 1. The molecule has 0 aliphatic rings. The summed E-state index contributed by atoms with van der Waals surface area (Å²) in [4.78, 5) is 14.6. The Balaban J connectivity index is 2.11. The Bertz CT molecular complexity index is 485. The fraction of sp³-hybridized carbons (Fsp3) is 0.100. The van der Waals surface area contributed by atoms with Gasteiger partial charge in [0.25, 0.3) is 0 Å². The van der Waals surface area contributed by atoms with Crippen molar-refractivity contribution in [2.24, 2.45) is 0 Å². The molecule has 0 saturated heterocycles. The summed E-state index contributed by atoms with van der Waals surface area (Å²) >= 11 is 2.41. The number of benzene rings is 1. The van der Waals surface area contributed by atoms with Gasteiger partial charge in [0.05, 0.1) is 5.75 Å². The fourth-order valence-corrected chi connectivity index (χ4v) is 2.43. The van der Waals surface area contributed by atoms with Crippen LogP contribution < -0.4 is 0 Å². The van der Waals surface area contributed by atoms with Gasteiger partial charge >= 0.3 is 5.97 Å². The summed E-state index contributed by atoms with van der Waals surface area (Å²) in [6.07, 6.45) is 0. The lowest BCUT2D eigenvalue weighted by molar-refractivity contribution is -0.133. The van der Waals surface area contributed by atoms with E-state index in [9.17, 15) is 4.79 Å². The van der Waals surface area contributed by atoms with E-state index in [2.05, 4.69) is 9.36 Å². The topological polar surface area (TPSA) is 63.1 Å². The molecule has 0 saturated carbocycles. The second-order valence-corrected chi connectivity index (χ2v) is 4.91. The molecular weight excluding hydrogens is 244 g/mol. The largest absolute Gasteiger partial charge is 0.481 e. The van der Waals surface area contributed by atoms with Gasteiger partial charge in [0.2, 0.25) is 0 Å². The molecule has 1 N–H and O–H groups in total. The van der Waals surface area contributed by atoms with Crippen LogP contribution in [0.1, 0.15) is 0 Å². The molecule has 0 bridgehead atoms. The van der Waals surface area contributed by atoms with Gasteiger partial charge in [-0.15, -0.1) is 0 Å². The van der Waals surface area contributed by atoms with Crippen LogP contribution >= 0.6 is 23.3 Å². The Morgan fingerprint density at radius 3 is 2.81 bits per heavy atom. The Labute approximate surface area is 101 Å². The molecule has 0 aliphatic heterocycles. The first-order chi connectivity index (χ1) is 7.75. The van der Waals surface area contributed by atoms with Crippen LogP contribution in [0, 0.1) is 0 Å². The maximum atomic E-state index is 10.4. The maximum absolute atomic E-state index is 10.4. The molecule has 1 heterocycles. The summed E-state index contributed by atoms with van der Waals surface area (Å²) in [5.74, 6) is -0.177. The second kappa shape index (κ2) is 5.09. The van der Waals surface area contributed by atoms with Crippen molar-refractivity contribution in [1.29, 1.82) is 0 Å². The van der Waals surface area contributed by atoms with Crippen molar-refractivity contribution in [3.05, 3.63) is 30.3 Å². The number of hydrogen-bond donors (Lipinski definition) is 1. The van der Waals surface area contributed by atoms with Crippen LogP contribution in [0.2, 0.25) is 0 Å². The zero-order valence-electron chi connectivity index (χ0n) is 8.16. The Kier molecular flexibility index (Phi) is 3.53. The number of carboxylic acid groups (broad SMARTS) is 1. The van der Waals surface area contributed by atoms with Gasteiger partial charge in [-0.3, -0.25) is 4.79 Å². The molecule has 1 aromatic heterocycles. The van der Waals surface area contributed by atoms with Gasteiger partial charge in [-0.25, -0.2) is 4.98 Å². The SMILES string of the molecule is O=C(O)CSc1nc(-c2ccccc2)ns1. The smallest absolute Gasteiger partial charge is 0.313 e. The molecule has 16 heavy (non-hydrogen) atoms. The maximum Gasteiger partial charge on any atom is 0.313 e. The lowest BCUT2D eigenvalue weighted by atomic mass is 10.2. The van der Waals surface area contributed by atoms with E-state index >= 15 is 0 Å². The minimum absolute atomic E-state index is 0.0173. The van der Waals surface area contributed by atoms with Crippen molar-refractivity contribution in [2.75, 3.05) is 5.75 Å². The standard InChI is InChI=1S/C10H8N2O2S2/c13-8(14)6-15-10-11-9(12-16-10)7-4-2-1-3-5-7/h1-5H,6H2,(H,13,14). The molecular formula is C10H8N2O2S2. The average Bonchev–Trinajstić information content (AvgIpc) is 2.76. The third kappa shape index (κ3) is 2.80. The first-order valence-corrected chi connectivity index (χ1v) is 6.25. The van der Waals surface area contributed by atoms with Crippen molar-refractivity contribution in [3.63, 3.8) is 0 Å². The van der Waals surface area contributed by atoms with E-state index in [-0.39, 0.29) is 5.75 Å². The molecule has 0 radical (unpaired) electrons. The zero-order valence-corrected chi connectivity index (χ0v) is 9.79. The number of rotatable bonds is 4. The number of carbonyl (C=O) groups is 1. The predicted molar refractivity (Wildman–Crippen MR) is 63.7 cm³/mol. The summed E-state index contributed by atoms with van der Waals surface area (Å²) in [5, 5.41) is 8.53. The van der Waals surface area contributed by atoms with Crippen molar-refractivity contribution in [1.82, 2.24) is 9.36 Å². The van der Waals surface area contributed by atoms with E-state index in [1.165, 1.54) is 23.3 Å². The lowest BCUT2D eigenvalue weighted by Crippen LogP contribution is -1.96. The summed E-state index contributed by atoms with van der Waals surface area (Å²) < 4.78 is 4.86. The van der Waals surface area contributed by atoms with E-state index in [0.717, 1.165) is 5.56 Å². The fourth-order valence-electron chi connectivity index (χ4n) is 1.10. The van der Waals surface area contributed by atoms with E-state index in [4.69, 9.17) is 5.11 Å². The van der Waals surface area contributed by atoms with Crippen LogP contribution in [0.5, 0.6) is 0 Å². The summed E-state index contributed by atoms with van der Waals surface area (Å²) in [6.45, 7) is 0. The van der Waals surface area contributed by atoms with E-state index in [1.807, 2.05) is 30.3 Å². The van der Waals surface area contributed by atoms with Crippen molar-refractivity contribution in [3.8, 4) is 11.4 Å². The van der Waals surface area contributed by atoms with Gasteiger partial charge in [-0.1, -0.05) is 42.1 Å². The summed E-state index contributed by atoms with van der Waals surface area (Å²) in [5.41, 5.74) is 0.945. The van der Waals surface area contributed by atoms with E-state index in [1.54, 1.807) is 0 Å². The molecule has 2 aromatic rings. The van der Waals surface area contributed by atoms with Gasteiger partial charge in [-0.2, -0.15) is 4.37 Å². The first kappa shape index (κ1) is 11.1. The van der Waals surface area contributed by atoms with Gasteiger partial charge in [-0.05, 0) is 11.5 Å². The van der Waals surface area contributed by atoms with Crippen LogP contribution in [-0.4, -0.2) is 26.2 Å². The highest BCUT2D eigenvalue weighted by molar-refractivity contribution is 8.01. The molecule has 6 heteroatoms. The predicted octanol–water partition coefficient (Wildman–Crippen LogP) is 2.38. The van der Waals surface area contributed by atoms with Crippen molar-refractivity contribution < 1.29 is 9.90 Å². The molecule has 0 atom stereocenters. The molecule has 0 amide bonds. The summed E-state index contributed by atoms with van der Waals surface area (Å²) in [6, 6.07) is 9.61. The first-order valence-electron chi connectivity index (χ1n) is 4.49. The van der Waals surface area contributed by atoms with Crippen molar-refractivity contribution >= 4 is 29.3 Å². The highest BCUT2D eigenvalue weighted by atomic mass is 32.2. The number of carboxylic acids is 1. The lowest BCUT2D eigenvalue weighted by Gasteiger charge is -1.92. The third-order valence-electron chi connectivity index (χ3n) is 1.76. The molecule has 4 nitrogen and oxygen atoms in total. The number of hydrogen-bond acceptors (Lipinski definition) is 5.